The summed E-state index contributed by atoms with van der Waals surface area (Å²) in [5, 5.41) is 22.3. The summed E-state index contributed by atoms with van der Waals surface area (Å²) in [5.74, 6) is -0.542. The van der Waals surface area contributed by atoms with Gasteiger partial charge in [-0.05, 0) is 26.1 Å². The molecule has 12 nitrogen and oxygen atoms in total. The molecule has 188 valence electrons. The van der Waals surface area contributed by atoms with Gasteiger partial charge in [-0.1, -0.05) is 13.8 Å². The van der Waals surface area contributed by atoms with Crippen LogP contribution in [0.5, 0.6) is 0 Å². The van der Waals surface area contributed by atoms with Crippen LogP contribution in [0, 0.1) is 10.1 Å². The van der Waals surface area contributed by atoms with Crippen LogP contribution in [0.4, 0.5) is 22.0 Å². The summed E-state index contributed by atoms with van der Waals surface area (Å²) >= 11 is 0. The maximum absolute atomic E-state index is 13.3. The number of nitro benzene ring substituents is 1. The molecule has 1 fully saturated rings. The number of hydrogen-bond acceptors (Lipinski definition) is 9. The summed E-state index contributed by atoms with van der Waals surface area (Å²) in [6, 6.07) is 4.61. The Balaban J connectivity index is 1.68. The van der Waals surface area contributed by atoms with Crippen molar-refractivity contribution in [2.75, 3.05) is 56.6 Å². The number of piperazine rings is 1. The summed E-state index contributed by atoms with van der Waals surface area (Å²) < 4.78 is 6.16. The molecule has 0 radical (unpaired) electrons. The largest absolute Gasteiger partial charge is 0.448 e. The second-order valence-electron chi connectivity index (χ2n) is 9.48. The number of benzene rings is 1. The minimum Gasteiger partial charge on any atom is -0.448 e. The van der Waals surface area contributed by atoms with Crippen LogP contribution in [0.1, 0.15) is 42.4 Å². The van der Waals surface area contributed by atoms with E-state index in [1.54, 1.807) is 13.0 Å². The predicted molar refractivity (Wildman–Crippen MR) is 130 cm³/mol. The van der Waals surface area contributed by atoms with Gasteiger partial charge >= 0.3 is 6.09 Å². The SMILES string of the molecule is CCOC(=O)n1nc2c(c1NC(=O)c1ccc(N3CCN(C)CC3)cc1[N+](=O)[O-])CNCC2(C)C. The molecule has 1 aromatic carbocycles. The van der Waals surface area contributed by atoms with Gasteiger partial charge in [0.1, 0.15) is 11.4 Å². The highest BCUT2D eigenvalue weighted by Gasteiger charge is 2.36. The number of ether oxygens (including phenoxy) is 1. The molecule has 1 saturated heterocycles. The number of nitrogens with zero attached hydrogens (tertiary/aromatic N) is 5. The Morgan fingerprint density at radius 3 is 2.63 bits per heavy atom. The number of amides is 1. The Hall–Kier alpha value is -3.51. The zero-order valence-corrected chi connectivity index (χ0v) is 20.5. The van der Waals surface area contributed by atoms with E-state index >= 15 is 0 Å². The second-order valence-corrected chi connectivity index (χ2v) is 9.48. The maximum atomic E-state index is 13.3. The van der Waals surface area contributed by atoms with Crippen molar-refractivity contribution < 1.29 is 19.2 Å². The lowest BCUT2D eigenvalue weighted by Gasteiger charge is -2.34. The Morgan fingerprint density at radius 1 is 1.26 bits per heavy atom. The van der Waals surface area contributed by atoms with Crippen molar-refractivity contribution in [2.24, 2.45) is 0 Å². The van der Waals surface area contributed by atoms with Crippen LogP contribution in [0.25, 0.3) is 0 Å². The molecule has 0 atom stereocenters. The summed E-state index contributed by atoms with van der Waals surface area (Å²) in [6.07, 6.45) is -0.729. The van der Waals surface area contributed by atoms with E-state index in [0.717, 1.165) is 30.9 Å². The molecule has 35 heavy (non-hydrogen) atoms. The molecule has 12 heteroatoms. The molecule has 2 aliphatic rings. The smallest absolute Gasteiger partial charge is 0.436 e. The van der Waals surface area contributed by atoms with Gasteiger partial charge in [0.2, 0.25) is 0 Å². The van der Waals surface area contributed by atoms with Crippen molar-refractivity contribution in [3.8, 4) is 0 Å². The topological polar surface area (TPSA) is 135 Å². The summed E-state index contributed by atoms with van der Waals surface area (Å²) in [4.78, 5) is 41.5. The molecule has 2 aliphatic heterocycles. The highest BCUT2D eigenvalue weighted by Crippen LogP contribution is 2.34. The van der Waals surface area contributed by atoms with Gasteiger partial charge in [0, 0.05) is 62.0 Å². The molecule has 0 spiro atoms. The average molecular weight is 486 g/mol. The highest BCUT2D eigenvalue weighted by molar-refractivity contribution is 6.08. The number of hydrogen-bond donors (Lipinski definition) is 2. The summed E-state index contributed by atoms with van der Waals surface area (Å²) in [5.41, 5.74) is 1.23. The van der Waals surface area contributed by atoms with Gasteiger partial charge < -0.3 is 25.2 Å². The maximum Gasteiger partial charge on any atom is 0.436 e. The number of rotatable bonds is 5. The molecule has 0 aliphatic carbocycles. The lowest BCUT2D eigenvalue weighted by molar-refractivity contribution is -0.385. The minimum atomic E-state index is -0.729. The van der Waals surface area contributed by atoms with Crippen molar-refractivity contribution >= 4 is 29.2 Å². The van der Waals surface area contributed by atoms with Crippen LogP contribution >= 0.6 is 0 Å². The van der Waals surface area contributed by atoms with Gasteiger partial charge in [0.15, 0.2) is 0 Å². The van der Waals surface area contributed by atoms with Gasteiger partial charge in [0.05, 0.1) is 17.2 Å². The fourth-order valence-corrected chi connectivity index (χ4v) is 4.49. The monoisotopic (exact) mass is 485 g/mol. The fourth-order valence-electron chi connectivity index (χ4n) is 4.49. The number of anilines is 2. The second kappa shape index (κ2) is 9.62. The normalized spacial score (nSPS) is 17.5. The number of aromatic nitrogens is 2. The van der Waals surface area contributed by atoms with E-state index in [2.05, 4.69) is 25.5 Å². The first-order chi connectivity index (χ1) is 16.6. The average Bonchev–Trinajstić information content (AvgIpc) is 3.19. The molecular formula is C23H31N7O5. The standard InChI is InChI=1S/C23H31N7O5/c1-5-35-22(32)29-20(17-13-24-14-23(2,3)19(17)26-29)25-21(31)16-7-6-15(12-18(16)30(33)34)28-10-8-27(4)9-11-28/h6-7,12,24H,5,8-11,13-14H2,1-4H3,(H,25,31). The molecule has 0 saturated carbocycles. The van der Waals surface area contributed by atoms with Gasteiger partial charge in [-0.25, -0.2) is 4.79 Å². The van der Waals surface area contributed by atoms with E-state index in [1.165, 1.54) is 12.1 Å². The number of carbonyl (C=O) groups is 2. The van der Waals surface area contributed by atoms with Crippen LogP contribution in [0.2, 0.25) is 0 Å². The van der Waals surface area contributed by atoms with Crippen molar-refractivity contribution in [3.05, 3.63) is 45.1 Å². The van der Waals surface area contributed by atoms with Gasteiger partial charge in [0.25, 0.3) is 11.6 Å². The third-order valence-corrected chi connectivity index (χ3v) is 6.46. The molecule has 0 bridgehead atoms. The van der Waals surface area contributed by atoms with E-state index < -0.39 is 16.9 Å². The Labute approximate surface area is 203 Å². The molecule has 4 rings (SSSR count). The van der Waals surface area contributed by atoms with Crippen LogP contribution in [0.3, 0.4) is 0 Å². The van der Waals surface area contributed by atoms with Crippen molar-refractivity contribution in [3.63, 3.8) is 0 Å². The Kier molecular flexibility index (Phi) is 6.77. The van der Waals surface area contributed by atoms with Crippen molar-refractivity contribution in [1.29, 1.82) is 0 Å². The fraction of sp³-hybridized carbons (Fsp3) is 0.522. The Morgan fingerprint density at radius 2 is 1.97 bits per heavy atom. The lowest BCUT2D eigenvalue weighted by atomic mass is 9.84. The van der Waals surface area contributed by atoms with Gasteiger partial charge in [-0.3, -0.25) is 14.9 Å². The van der Waals surface area contributed by atoms with Crippen LogP contribution in [-0.4, -0.2) is 78.0 Å². The zero-order valence-electron chi connectivity index (χ0n) is 20.5. The first-order valence-corrected chi connectivity index (χ1v) is 11.7. The summed E-state index contributed by atoms with van der Waals surface area (Å²) in [6.45, 7) is 9.99. The molecule has 0 unspecified atom stereocenters. The number of likely N-dealkylation sites (N-methyl/N-ethyl adjacent to an activating group) is 1. The van der Waals surface area contributed by atoms with Crippen LogP contribution in [-0.2, 0) is 16.7 Å². The zero-order chi connectivity index (χ0) is 25.3. The molecular weight excluding hydrogens is 454 g/mol. The first kappa shape index (κ1) is 24.6. The Bertz CT molecular complexity index is 1150. The van der Waals surface area contributed by atoms with E-state index in [-0.39, 0.29) is 29.1 Å². The number of carbonyl (C=O) groups excluding carboxylic acids is 2. The van der Waals surface area contributed by atoms with E-state index in [0.29, 0.717) is 30.0 Å². The first-order valence-electron chi connectivity index (χ1n) is 11.7. The lowest BCUT2D eigenvalue weighted by Crippen LogP contribution is -2.44. The highest BCUT2D eigenvalue weighted by atomic mass is 16.6. The molecule has 1 aromatic heterocycles. The van der Waals surface area contributed by atoms with Crippen molar-refractivity contribution in [2.45, 2.75) is 32.7 Å². The van der Waals surface area contributed by atoms with Crippen LogP contribution in [0.15, 0.2) is 18.2 Å². The van der Waals surface area contributed by atoms with Gasteiger partial charge in [-0.15, -0.1) is 4.68 Å². The van der Waals surface area contributed by atoms with E-state index in [1.807, 2.05) is 20.9 Å². The number of fused-ring (bicyclic) bond motifs is 1. The summed E-state index contributed by atoms with van der Waals surface area (Å²) in [7, 11) is 2.03. The molecule has 2 aromatic rings. The number of nitrogens with one attached hydrogen (secondary N) is 2. The minimum absolute atomic E-state index is 0.0961. The third kappa shape index (κ3) is 4.84. The number of nitro groups is 1. The molecule has 1 amide bonds. The predicted octanol–water partition coefficient (Wildman–Crippen LogP) is 2.18. The van der Waals surface area contributed by atoms with Crippen LogP contribution < -0.4 is 15.5 Å². The quantitative estimate of drug-likeness (QED) is 0.482. The van der Waals surface area contributed by atoms with E-state index in [9.17, 15) is 19.7 Å². The van der Waals surface area contributed by atoms with Gasteiger partial charge in [-0.2, -0.15) is 5.10 Å². The third-order valence-electron chi connectivity index (χ3n) is 6.46. The van der Waals surface area contributed by atoms with Crippen molar-refractivity contribution in [1.82, 2.24) is 20.0 Å². The molecule has 2 N–H and O–H groups in total. The van der Waals surface area contributed by atoms with E-state index in [4.69, 9.17) is 4.74 Å². The molecule has 3 heterocycles.